The first-order valence-electron chi connectivity index (χ1n) is 8.43. The number of aliphatic imine (C=N–C) groups is 1. The van der Waals surface area contributed by atoms with Gasteiger partial charge in [0, 0.05) is 20.1 Å². The molecule has 0 aliphatic heterocycles. The van der Waals surface area contributed by atoms with Gasteiger partial charge in [-0.1, -0.05) is 24.3 Å². The second kappa shape index (κ2) is 9.82. The number of hydrogen-bond donors (Lipinski definition) is 2. The van der Waals surface area contributed by atoms with E-state index in [0.717, 1.165) is 5.56 Å². The second-order valence-corrected chi connectivity index (χ2v) is 7.78. The Morgan fingerprint density at radius 1 is 1.00 bits per heavy atom. The van der Waals surface area contributed by atoms with Gasteiger partial charge in [0.05, 0.1) is 24.9 Å². The molecule has 0 heterocycles. The Bertz CT molecular complexity index is 868. The molecule has 0 aromatic heterocycles. The van der Waals surface area contributed by atoms with Gasteiger partial charge < -0.3 is 20.1 Å². The quantitative estimate of drug-likeness (QED) is 0.527. The van der Waals surface area contributed by atoms with E-state index in [-0.39, 0.29) is 12.3 Å². The summed E-state index contributed by atoms with van der Waals surface area (Å²) in [7, 11) is 1.49. The van der Waals surface area contributed by atoms with Gasteiger partial charge >= 0.3 is 0 Å². The number of methoxy groups -OCH3 is 2. The smallest absolute Gasteiger partial charge is 0.191 e. The molecule has 0 saturated carbocycles. The molecule has 0 amide bonds. The van der Waals surface area contributed by atoms with E-state index in [2.05, 4.69) is 15.6 Å². The Morgan fingerprint density at radius 2 is 1.70 bits per heavy atom. The van der Waals surface area contributed by atoms with Crippen LogP contribution in [0.4, 0.5) is 0 Å². The third-order valence-electron chi connectivity index (χ3n) is 3.90. The SMILES string of the molecule is CN=C(NCCS(=O)(=O)c1ccccc1)NCc1ccc(OC)c(OC)c1. The maximum atomic E-state index is 12.3. The van der Waals surface area contributed by atoms with E-state index in [1.807, 2.05) is 18.2 Å². The zero-order chi connectivity index (χ0) is 19.7. The number of guanidine groups is 1. The standard InChI is InChI=1S/C19H25N3O4S/c1-20-19(21-11-12-27(23,24)16-7-5-4-6-8-16)22-14-15-9-10-17(25-2)18(13-15)26-3/h4-10,13H,11-12,14H2,1-3H3,(H2,20,21,22). The molecule has 0 aliphatic carbocycles. The van der Waals surface area contributed by atoms with Crippen LogP contribution in [0.3, 0.4) is 0 Å². The second-order valence-electron chi connectivity index (χ2n) is 5.67. The molecule has 0 bridgehead atoms. The summed E-state index contributed by atoms with van der Waals surface area (Å²) < 4.78 is 35.1. The number of rotatable bonds is 8. The molecule has 146 valence electrons. The van der Waals surface area contributed by atoms with E-state index in [1.165, 1.54) is 0 Å². The van der Waals surface area contributed by atoms with Crippen LogP contribution in [0.15, 0.2) is 58.4 Å². The van der Waals surface area contributed by atoms with Gasteiger partial charge in [-0.25, -0.2) is 8.42 Å². The van der Waals surface area contributed by atoms with Gasteiger partial charge in [-0.2, -0.15) is 0 Å². The van der Waals surface area contributed by atoms with Crippen molar-refractivity contribution in [1.82, 2.24) is 10.6 Å². The molecule has 7 nitrogen and oxygen atoms in total. The molecule has 0 aliphatic rings. The van der Waals surface area contributed by atoms with Crippen LogP contribution in [-0.2, 0) is 16.4 Å². The molecule has 0 fully saturated rings. The summed E-state index contributed by atoms with van der Waals surface area (Å²) in [5.41, 5.74) is 0.979. The topological polar surface area (TPSA) is 89.0 Å². The molecule has 2 N–H and O–H groups in total. The molecule has 0 radical (unpaired) electrons. The fourth-order valence-electron chi connectivity index (χ4n) is 2.45. The molecule has 0 atom stereocenters. The Morgan fingerprint density at radius 3 is 2.33 bits per heavy atom. The zero-order valence-corrected chi connectivity index (χ0v) is 16.5. The third kappa shape index (κ3) is 5.89. The van der Waals surface area contributed by atoms with Crippen molar-refractivity contribution in [3.05, 3.63) is 54.1 Å². The maximum Gasteiger partial charge on any atom is 0.191 e. The van der Waals surface area contributed by atoms with E-state index in [4.69, 9.17) is 9.47 Å². The van der Waals surface area contributed by atoms with Crippen molar-refractivity contribution >= 4 is 15.8 Å². The van der Waals surface area contributed by atoms with Gasteiger partial charge in [0.2, 0.25) is 0 Å². The summed E-state index contributed by atoms with van der Waals surface area (Å²) in [6, 6.07) is 14.0. The molecule has 0 unspecified atom stereocenters. The van der Waals surface area contributed by atoms with Crippen LogP contribution in [0, 0.1) is 0 Å². The molecule has 2 rings (SSSR count). The highest BCUT2D eigenvalue weighted by molar-refractivity contribution is 7.91. The van der Waals surface area contributed by atoms with E-state index in [0.29, 0.717) is 28.9 Å². The third-order valence-corrected chi connectivity index (χ3v) is 5.63. The predicted octanol–water partition coefficient (Wildman–Crippen LogP) is 1.84. The summed E-state index contributed by atoms with van der Waals surface area (Å²) in [6.45, 7) is 0.758. The van der Waals surface area contributed by atoms with Crippen molar-refractivity contribution in [3.63, 3.8) is 0 Å². The first kappa shape index (κ1) is 20.6. The van der Waals surface area contributed by atoms with Crippen LogP contribution in [0.25, 0.3) is 0 Å². The highest BCUT2D eigenvalue weighted by Gasteiger charge is 2.13. The number of benzene rings is 2. The van der Waals surface area contributed by atoms with Crippen LogP contribution < -0.4 is 20.1 Å². The molecule has 8 heteroatoms. The first-order chi connectivity index (χ1) is 13.0. The largest absolute Gasteiger partial charge is 0.493 e. The van der Waals surface area contributed by atoms with Crippen molar-refractivity contribution in [2.75, 3.05) is 33.6 Å². The Labute approximate surface area is 160 Å². The molecule has 27 heavy (non-hydrogen) atoms. The van der Waals surface area contributed by atoms with Crippen LogP contribution in [-0.4, -0.2) is 47.9 Å². The van der Waals surface area contributed by atoms with Crippen molar-refractivity contribution in [3.8, 4) is 11.5 Å². The fourth-order valence-corrected chi connectivity index (χ4v) is 3.62. The highest BCUT2D eigenvalue weighted by Crippen LogP contribution is 2.27. The van der Waals surface area contributed by atoms with Crippen molar-refractivity contribution in [2.24, 2.45) is 4.99 Å². The number of nitrogens with zero attached hydrogens (tertiary/aromatic N) is 1. The van der Waals surface area contributed by atoms with Gasteiger partial charge in [0.1, 0.15) is 0 Å². The summed E-state index contributed by atoms with van der Waals surface area (Å²) in [5, 5.41) is 6.17. The lowest BCUT2D eigenvalue weighted by Gasteiger charge is -2.13. The van der Waals surface area contributed by atoms with E-state index < -0.39 is 9.84 Å². The average Bonchev–Trinajstić information content (AvgIpc) is 2.70. The number of nitrogens with one attached hydrogen (secondary N) is 2. The lowest BCUT2D eigenvalue weighted by atomic mass is 10.2. The lowest BCUT2D eigenvalue weighted by Crippen LogP contribution is -2.39. The van der Waals surface area contributed by atoms with Gasteiger partial charge in [-0.05, 0) is 29.8 Å². The monoisotopic (exact) mass is 391 g/mol. The van der Waals surface area contributed by atoms with Crippen LogP contribution in [0.1, 0.15) is 5.56 Å². The lowest BCUT2D eigenvalue weighted by molar-refractivity contribution is 0.354. The average molecular weight is 391 g/mol. The van der Waals surface area contributed by atoms with Gasteiger partial charge in [0.15, 0.2) is 27.3 Å². The molecule has 0 spiro atoms. The number of ether oxygens (including phenoxy) is 2. The Kier molecular flexibility index (Phi) is 7.48. The molecule has 2 aromatic rings. The molecular weight excluding hydrogens is 366 g/mol. The van der Waals surface area contributed by atoms with Gasteiger partial charge in [0.25, 0.3) is 0 Å². The molecule has 0 saturated heterocycles. The van der Waals surface area contributed by atoms with Crippen molar-refractivity contribution in [1.29, 1.82) is 0 Å². The van der Waals surface area contributed by atoms with Crippen molar-refractivity contribution in [2.45, 2.75) is 11.4 Å². The zero-order valence-electron chi connectivity index (χ0n) is 15.7. The van der Waals surface area contributed by atoms with Crippen molar-refractivity contribution < 1.29 is 17.9 Å². The Hall–Kier alpha value is -2.74. The highest BCUT2D eigenvalue weighted by atomic mass is 32.2. The Balaban J connectivity index is 1.88. The maximum absolute atomic E-state index is 12.3. The van der Waals surface area contributed by atoms with Crippen LogP contribution in [0.5, 0.6) is 11.5 Å². The minimum atomic E-state index is -3.32. The number of hydrogen-bond acceptors (Lipinski definition) is 5. The summed E-state index contributed by atoms with van der Waals surface area (Å²) in [6.07, 6.45) is 0. The van der Waals surface area contributed by atoms with Crippen LogP contribution in [0.2, 0.25) is 0 Å². The van der Waals surface area contributed by atoms with E-state index in [9.17, 15) is 8.42 Å². The minimum Gasteiger partial charge on any atom is -0.493 e. The molecule has 2 aromatic carbocycles. The summed E-state index contributed by atoms with van der Waals surface area (Å²) in [4.78, 5) is 4.43. The van der Waals surface area contributed by atoms with E-state index in [1.54, 1.807) is 51.6 Å². The predicted molar refractivity (Wildman–Crippen MR) is 106 cm³/mol. The van der Waals surface area contributed by atoms with Gasteiger partial charge in [-0.15, -0.1) is 0 Å². The minimum absolute atomic E-state index is 0.0198. The fraction of sp³-hybridized carbons (Fsp3) is 0.316. The number of sulfone groups is 1. The van der Waals surface area contributed by atoms with E-state index >= 15 is 0 Å². The molecular formula is C19H25N3O4S. The normalized spacial score (nSPS) is 11.7. The van der Waals surface area contributed by atoms with Crippen LogP contribution >= 0.6 is 0 Å². The first-order valence-corrected chi connectivity index (χ1v) is 10.1. The summed E-state index contributed by atoms with van der Waals surface area (Å²) in [5.74, 6) is 1.81. The van der Waals surface area contributed by atoms with Gasteiger partial charge in [-0.3, -0.25) is 4.99 Å². The summed E-state index contributed by atoms with van der Waals surface area (Å²) >= 11 is 0.